The van der Waals surface area contributed by atoms with Crippen LogP contribution >= 0.6 is 0 Å². The first kappa shape index (κ1) is 18.9. The van der Waals surface area contributed by atoms with Gasteiger partial charge < -0.3 is 5.32 Å². The molecule has 0 atom stereocenters. The molecule has 2 rings (SSSR count). The molecule has 0 aliphatic rings. The molecule has 1 heterocycles. The summed E-state index contributed by atoms with van der Waals surface area (Å²) in [5.74, 6) is -0.884. The Morgan fingerprint density at radius 1 is 1.36 bits per heavy atom. The lowest BCUT2D eigenvalue weighted by Crippen LogP contribution is -2.34. The number of nitrogens with one attached hydrogen (secondary N) is 1. The van der Waals surface area contributed by atoms with Crippen molar-refractivity contribution in [2.75, 3.05) is 25.2 Å². The molecule has 0 spiro atoms. The monoisotopic (exact) mass is 376 g/mol. The molecule has 1 aromatic heterocycles. The molecule has 11 heteroatoms. The molecule has 0 radical (unpaired) electrons. The number of rotatable bonds is 5. The maximum Gasteiger partial charge on any atom is 0.418 e. The summed E-state index contributed by atoms with van der Waals surface area (Å²) in [4.78, 5) is 11.9. The van der Waals surface area contributed by atoms with Crippen LogP contribution in [-0.4, -0.2) is 48.3 Å². The Kier molecular flexibility index (Phi) is 5.18. The van der Waals surface area contributed by atoms with E-state index in [2.05, 4.69) is 10.4 Å². The van der Waals surface area contributed by atoms with Crippen LogP contribution in [0.25, 0.3) is 5.69 Å². The van der Waals surface area contributed by atoms with Crippen molar-refractivity contribution in [3.05, 3.63) is 42.2 Å². The number of amides is 1. The van der Waals surface area contributed by atoms with Gasteiger partial charge in [0.05, 0.1) is 29.7 Å². The summed E-state index contributed by atoms with van der Waals surface area (Å²) in [5, 5.41) is 5.95. The van der Waals surface area contributed by atoms with Gasteiger partial charge in [0.1, 0.15) is 0 Å². The fraction of sp³-hybridized carbons (Fsp3) is 0.286. The predicted octanol–water partition coefficient (Wildman–Crippen LogP) is 1.72. The standard InChI is InChI=1S/C14H15F3N4O3S/c1-20(25(2,23)24)9-13(22)19-12-5-4-10(21-7-3-6-18-21)8-11(12)14(15,16)17/h3-8H,9H2,1-2H3,(H,19,22). The van der Waals surface area contributed by atoms with Crippen LogP contribution in [0.3, 0.4) is 0 Å². The quantitative estimate of drug-likeness (QED) is 0.861. The number of nitrogens with zero attached hydrogens (tertiary/aromatic N) is 3. The first-order chi connectivity index (χ1) is 11.5. The molecule has 0 fully saturated rings. The van der Waals surface area contributed by atoms with Crippen molar-refractivity contribution in [1.82, 2.24) is 14.1 Å². The number of anilines is 1. The lowest BCUT2D eigenvalue weighted by Gasteiger charge is -2.17. The number of likely N-dealkylation sites (N-methyl/N-ethyl adjacent to an activating group) is 1. The van der Waals surface area contributed by atoms with Gasteiger partial charge in [0.25, 0.3) is 0 Å². The van der Waals surface area contributed by atoms with E-state index in [9.17, 15) is 26.4 Å². The van der Waals surface area contributed by atoms with Gasteiger partial charge in [0.15, 0.2) is 0 Å². The van der Waals surface area contributed by atoms with Crippen molar-refractivity contribution in [3.63, 3.8) is 0 Å². The summed E-state index contributed by atoms with van der Waals surface area (Å²) in [5.41, 5.74) is -1.35. The van der Waals surface area contributed by atoms with Crippen LogP contribution in [0.5, 0.6) is 0 Å². The Bertz CT molecular complexity index is 864. The van der Waals surface area contributed by atoms with Crippen LogP contribution in [-0.2, 0) is 21.0 Å². The van der Waals surface area contributed by atoms with Gasteiger partial charge in [-0.15, -0.1) is 0 Å². The summed E-state index contributed by atoms with van der Waals surface area (Å²) in [6, 6.07) is 4.86. The molecule has 0 saturated carbocycles. The van der Waals surface area contributed by atoms with Crippen LogP contribution in [0, 0.1) is 0 Å². The highest BCUT2D eigenvalue weighted by Crippen LogP contribution is 2.36. The van der Waals surface area contributed by atoms with Crippen LogP contribution in [0.15, 0.2) is 36.7 Å². The largest absolute Gasteiger partial charge is 0.418 e. The molecular weight excluding hydrogens is 361 g/mol. The number of hydrogen-bond donors (Lipinski definition) is 1. The molecule has 1 N–H and O–H groups in total. The minimum Gasteiger partial charge on any atom is -0.324 e. The van der Waals surface area contributed by atoms with Crippen LogP contribution in [0.4, 0.5) is 18.9 Å². The van der Waals surface area contributed by atoms with E-state index < -0.39 is 39.9 Å². The Morgan fingerprint density at radius 2 is 2.04 bits per heavy atom. The molecule has 7 nitrogen and oxygen atoms in total. The highest BCUT2D eigenvalue weighted by Gasteiger charge is 2.34. The minimum atomic E-state index is -4.71. The molecule has 0 saturated heterocycles. The van der Waals surface area contributed by atoms with E-state index in [4.69, 9.17) is 0 Å². The van der Waals surface area contributed by atoms with E-state index in [-0.39, 0.29) is 5.69 Å². The molecule has 1 aromatic carbocycles. The number of sulfonamides is 1. The highest BCUT2D eigenvalue weighted by atomic mass is 32.2. The highest BCUT2D eigenvalue weighted by molar-refractivity contribution is 7.88. The van der Waals surface area contributed by atoms with Crippen LogP contribution in [0.2, 0.25) is 0 Å². The van der Waals surface area contributed by atoms with Gasteiger partial charge in [-0.25, -0.2) is 13.1 Å². The molecule has 0 unspecified atom stereocenters. The number of carbonyl (C=O) groups excluding carboxylic acids is 1. The Hall–Kier alpha value is -2.40. The summed E-state index contributed by atoms with van der Waals surface area (Å²) in [7, 11) is -2.47. The molecule has 136 valence electrons. The Balaban J connectivity index is 2.30. The lowest BCUT2D eigenvalue weighted by molar-refractivity contribution is -0.137. The Morgan fingerprint density at radius 3 is 2.56 bits per heavy atom. The molecular formula is C14H15F3N4O3S. The second-order valence-corrected chi connectivity index (χ2v) is 7.33. The number of halogens is 3. The molecule has 25 heavy (non-hydrogen) atoms. The maximum absolute atomic E-state index is 13.3. The average Bonchev–Trinajstić information content (AvgIpc) is 2.99. The first-order valence-electron chi connectivity index (χ1n) is 6.91. The summed E-state index contributed by atoms with van der Waals surface area (Å²) < 4.78 is 64.4. The van der Waals surface area contributed by atoms with Crippen molar-refractivity contribution in [3.8, 4) is 5.69 Å². The number of carbonyl (C=O) groups is 1. The van der Waals surface area contributed by atoms with Crippen molar-refractivity contribution in [2.24, 2.45) is 0 Å². The maximum atomic E-state index is 13.3. The third-order valence-corrected chi connectivity index (χ3v) is 4.55. The Labute approximate surface area is 142 Å². The van der Waals surface area contributed by atoms with Crippen molar-refractivity contribution in [1.29, 1.82) is 0 Å². The third kappa shape index (κ3) is 4.79. The van der Waals surface area contributed by atoms with E-state index in [0.29, 0.717) is 0 Å². The zero-order chi connectivity index (χ0) is 18.8. The van der Waals surface area contributed by atoms with Gasteiger partial charge in [-0.2, -0.15) is 22.6 Å². The van der Waals surface area contributed by atoms with Gasteiger partial charge >= 0.3 is 6.18 Å². The fourth-order valence-corrected chi connectivity index (χ4v) is 2.30. The summed E-state index contributed by atoms with van der Waals surface area (Å²) in [6.07, 6.45) is -0.923. The van der Waals surface area contributed by atoms with Gasteiger partial charge in [-0.3, -0.25) is 4.79 Å². The topological polar surface area (TPSA) is 84.3 Å². The second kappa shape index (κ2) is 6.84. The van der Waals surface area contributed by atoms with Crippen LogP contribution < -0.4 is 5.32 Å². The van der Waals surface area contributed by atoms with E-state index in [1.54, 1.807) is 6.07 Å². The fourth-order valence-electron chi connectivity index (χ4n) is 1.95. The number of aromatic nitrogens is 2. The van der Waals surface area contributed by atoms with E-state index in [0.717, 1.165) is 29.7 Å². The van der Waals surface area contributed by atoms with E-state index in [1.165, 1.54) is 23.1 Å². The van der Waals surface area contributed by atoms with Crippen LogP contribution in [0.1, 0.15) is 5.56 Å². The van der Waals surface area contributed by atoms with Gasteiger partial charge in [0.2, 0.25) is 15.9 Å². The van der Waals surface area contributed by atoms with Crippen molar-refractivity contribution >= 4 is 21.6 Å². The summed E-state index contributed by atoms with van der Waals surface area (Å²) in [6.45, 7) is -0.600. The van der Waals surface area contributed by atoms with Gasteiger partial charge in [-0.05, 0) is 24.3 Å². The zero-order valence-corrected chi connectivity index (χ0v) is 14.1. The molecule has 0 bridgehead atoms. The summed E-state index contributed by atoms with van der Waals surface area (Å²) >= 11 is 0. The van der Waals surface area contributed by atoms with E-state index >= 15 is 0 Å². The molecule has 0 aliphatic heterocycles. The third-order valence-electron chi connectivity index (χ3n) is 3.28. The second-order valence-electron chi connectivity index (χ2n) is 5.25. The van der Waals surface area contributed by atoms with Crippen molar-refractivity contribution in [2.45, 2.75) is 6.18 Å². The average molecular weight is 376 g/mol. The number of benzene rings is 1. The number of hydrogen-bond acceptors (Lipinski definition) is 4. The zero-order valence-electron chi connectivity index (χ0n) is 13.3. The van der Waals surface area contributed by atoms with E-state index in [1.807, 2.05) is 0 Å². The normalized spacial score (nSPS) is 12.4. The minimum absolute atomic E-state index is 0.170. The van der Waals surface area contributed by atoms with Gasteiger partial charge in [0, 0.05) is 19.4 Å². The molecule has 1 amide bonds. The smallest absolute Gasteiger partial charge is 0.324 e. The lowest BCUT2D eigenvalue weighted by atomic mass is 10.1. The predicted molar refractivity (Wildman–Crippen MR) is 84.7 cm³/mol. The SMILES string of the molecule is CN(CC(=O)Nc1ccc(-n2cccn2)cc1C(F)(F)F)S(C)(=O)=O. The first-order valence-corrected chi connectivity index (χ1v) is 8.76. The number of alkyl halides is 3. The molecule has 2 aromatic rings. The van der Waals surface area contributed by atoms with Crippen molar-refractivity contribution < 1.29 is 26.4 Å². The van der Waals surface area contributed by atoms with Gasteiger partial charge in [-0.1, -0.05) is 0 Å². The molecule has 0 aliphatic carbocycles.